The van der Waals surface area contributed by atoms with E-state index in [2.05, 4.69) is 0 Å². The lowest BCUT2D eigenvalue weighted by atomic mass is 9.84. The van der Waals surface area contributed by atoms with Crippen LogP contribution in [-0.4, -0.2) is 11.5 Å². The van der Waals surface area contributed by atoms with Crippen molar-refractivity contribution in [1.82, 2.24) is 0 Å². The zero-order chi connectivity index (χ0) is 11.5. The second-order valence-corrected chi connectivity index (χ2v) is 4.46. The largest absolute Gasteiger partial charge is 0.508 e. The molecule has 1 N–H and O–H groups in total. The van der Waals surface area contributed by atoms with Crippen LogP contribution in [0, 0.1) is 5.92 Å². The number of aromatic hydroxyl groups is 1. The molecule has 1 nitrogen and oxygen atoms in total. The fraction of sp³-hybridized carbons (Fsp3) is 0.538. The summed E-state index contributed by atoms with van der Waals surface area (Å²) in [7, 11) is 0. The van der Waals surface area contributed by atoms with Crippen LogP contribution in [-0.2, 0) is 0 Å². The molecule has 2 rings (SSSR count). The zero-order valence-corrected chi connectivity index (χ0v) is 9.07. The quantitative estimate of drug-likeness (QED) is 0.827. The molecule has 1 unspecified atom stereocenters. The Labute approximate surface area is 94.1 Å². The molecule has 0 heterocycles. The average molecular weight is 226 g/mol. The minimum absolute atomic E-state index is 0.000278. The number of halogens is 2. The van der Waals surface area contributed by atoms with Crippen molar-refractivity contribution in [2.24, 2.45) is 5.92 Å². The predicted molar refractivity (Wildman–Crippen MR) is 58.8 cm³/mol. The Morgan fingerprint density at radius 3 is 2.31 bits per heavy atom. The van der Waals surface area contributed by atoms with Gasteiger partial charge in [-0.3, -0.25) is 0 Å². The van der Waals surface area contributed by atoms with E-state index < -0.39 is 12.3 Å². The van der Waals surface area contributed by atoms with Gasteiger partial charge < -0.3 is 5.11 Å². The van der Waals surface area contributed by atoms with Crippen molar-refractivity contribution in [3.63, 3.8) is 0 Å². The van der Waals surface area contributed by atoms with E-state index in [0.717, 1.165) is 25.7 Å². The van der Waals surface area contributed by atoms with Gasteiger partial charge in [0.25, 0.3) is 0 Å². The van der Waals surface area contributed by atoms with Crippen molar-refractivity contribution in [3.8, 4) is 5.75 Å². The lowest BCUT2D eigenvalue weighted by molar-refractivity contribution is 0.0855. The number of phenolic OH excluding ortho intramolecular Hbond substituents is 1. The second kappa shape index (κ2) is 4.81. The molecule has 0 radical (unpaired) electrons. The minimum Gasteiger partial charge on any atom is -0.508 e. The number of hydrogen-bond acceptors (Lipinski definition) is 1. The first-order chi connectivity index (χ1) is 7.70. The van der Waals surface area contributed by atoms with E-state index >= 15 is 0 Å². The molecular formula is C13H16F2O. The van der Waals surface area contributed by atoms with Gasteiger partial charge in [-0.1, -0.05) is 31.0 Å². The first-order valence-electron chi connectivity index (χ1n) is 5.76. The lowest BCUT2D eigenvalue weighted by Gasteiger charge is -2.23. The van der Waals surface area contributed by atoms with Gasteiger partial charge in [0.15, 0.2) is 0 Å². The summed E-state index contributed by atoms with van der Waals surface area (Å²) >= 11 is 0. The van der Waals surface area contributed by atoms with Crippen LogP contribution in [0.5, 0.6) is 5.75 Å². The topological polar surface area (TPSA) is 20.2 Å². The molecule has 88 valence electrons. The Balaban J connectivity index is 2.28. The number of phenols is 1. The van der Waals surface area contributed by atoms with Crippen molar-refractivity contribution in [2.75, 3.05) is 0 Å². The van der Waals surface area contributed by atoms with Gasteiger partial charge in [-0.05, 0) is 24.8 Å². The number of para-hydroxylation sites is 1. The molecule has 0 aromatic heterocycles. The first kappa shape index (κ1) is 11.4. The zero-order valence-electron chi connectivity index (χ0n) is 9.07. The fourth-order valence-corrected chi connectivity index (χ4v) is 2.68. The second-order valence-electron chi connectivity index (χ2n) is 4.46. The Morgan fingerprint density at radius 1 is 1.12 bits per heavy atom. The number of benzene rings is 1. The Morgan fingerprint density at radius 2 is 1.75 bits per heavy atom. The smallest absolute Gasteiger partial charge is 0.245 e. The summed E-state index contributed by atoms with van der Waals surface area (Å²) < 4.78 is 26.2. The molecule has 0 bridgehead atoms. The van der Waals surface area contributed by atoms with Crippen molar-refractivity contribution in [2.45, 2.75) is 38.0 Å². The maximum atomic E-state index is 13.1. The molecule has 0 spiro atoms. The molecule has 1 fully saturated rings. The maximum Gasteiger partial charge on any atom is 0.245 e. The third kappa shape index (κ3) is 2.18. The summed E-state index contributed by atoms with van der Waals surface area (Å²) in [6.07, 6.45) is 1.37. The normalized spacial score (nSPS) is 19.2. The summed E-state index contributed by atoms with van der Waals surface area (Å²) in [5, 5.41) is 9.66. The van der Waals surface area contributed by atoms with E-state index in [1.165, 1.54) is 6.07 Å². The van der Waals surface area contributed by atoms with Crippen molar-refractivity contribution in [3.05, 3.63) is 29.8 Å². The highest BCUT2D eigenvalue weighted by Crippen LogP contribution is 2.43. The Kier molecular flexibility index (Phi) is 3.42. The van der Waals surface area contributed by atoms with Crippen LogP contribution in [0.25, 0.3) is 0 Å². The average Bonchev–Trinajstić information content (AvgIpc) is 2.74. The van der Waals surface area contributed by atoms with Crippen LogP contribution in [0.2, 0.25) is 0 Å². The summed E-state index contributed by atoms with van der Waals surface area (Å²) in [5.41, 5.74) is 0.407. The molecular weight excluding hydrogens is 210 g/mol. The van der Waals surface area contributed by atoms with Crippen LogP contribution in [0.3, 0.4) is 0 Å². The van der Waals surface area contributed by atoms with Crippen molar-refractivity contribution >= 4 is 0 Å². The lowest BCUT2D eigenvalue weighted by Crippen LogP contribution is -2.18. The summed E-state index contributed by atoms with van der Waals surface area (Å²) in [5.74, 6) is -0.781. The molecule has 1 aromatic rings. The summed E-state index contributed by atoms with van der Waals surface area (Å²) in [6.45, 7) is 0. The van der Waals surface area contributed by atoms with Crippen LogP contribution in [0.1, 0.15) is 37.2 Å². The molecule has 0 aliphatic heterocycles. The molecule has 0 amide bonds. The highest BCUT2D eigenvalue weighted by molar-refractivity contribution is 5.35. The van der Waals surface area contributed by atoms with Crippen LogP contribution in [0.15, 0.2) is 24.3 Å². The molecule has 16 heavy (non-hydrogen) atoms. The maximum absolute atomic E-state index is 13.1. The van der Waals surface area contributed by atoms with E-state index in [1.807, 2.05) is 0 Å². The molecule has 1 aromatic carbocycles. The number of rotatable bonds is 3. The highest BCUT2D eigenvalue weighted by Gasteiger charge is 2.34. The van der Waals surface area contributed by atoms with Gasteiger partial charge in [-0.2, -0.15) is 0 Å². The molecule has 1 aliphatic rings. The molecule has 1 aliphatic carbocycles. The van der Waals surface area contributed by atoms with Gasteiger partial charge >= 0.3 is 0 Å². The minimum atomic E-state index is -2.39. The van der Waals surface area contributed by atoms with Crippen LogP contribution < -0.4 is 0 Å². The predicted octanol–water partition coefficient (Wildman–Crippen LogP) is 3.93. The van der Waals surface area contributed by atoms with E-state index in [4.69, 9.17) is 0 Å². The van der Waals surface area contributed by atoms with Crippen molar-refractivity contribution < 1.29 is 13.9 Å². The number of hydrogen-bond donors (Lipinski definition) is 1. The van der Waals surface area contributed by atoms with Gasteiger partial charge in [0.1, 0.15) is 5.75 Å². The first-order valence-corrected chi connectivity index (χ1v) is 5.76. The Bertz CT molecular complexity index is 346. The van der Waals surface area contributed by atoms with Gasteiger partial charge in [0, 0.05) is 5.56 Å². The molecule has 3 heteroatoms. The van der Waals surface area contributed by atoms with Crippen LogP contribution in [0.4, 0.5) is 8.78 Å². The van der Waals surface area contributed by atoms with E-state index in [0.29, 0.717) is 5.56 Å². The monoisotopic (exact) mass is 226 g/mol. The van der Waals surface area contributed by atoms with Gasteiger partial charge in [0.05, 0.1) is 5.92 Å². The third-order valence-corrected chi connectivity index (χ3v) is 3.48. The van der Waals surface area contributed by atoms with E-state index in [1.54, 1.807) is 18.2 Å². The Hall–Kier alpha value is -1.12. The van der Waals surface area contributed by atoms with E-state index in [9.17, 15) is 13.9 Å². The van der Waals surface area contributed by atoms with Gasteiger partial charge in [0.2, 0.25) is 6.43 Å². The number of alkyl halides is 2. The van der Waals surface area contributed by atoms with E-state index in [-0.39, 0.29) is 11.7 Å². The highest BCUT2D eigenvalue weighted by atomic mass is 19.3. The standard InChI is InChI=1S/C13H16F2O/c14-13(15)12(9-5-1-2-6-9)10-7-3-4-8-11(10)16/h3-4,7-9,12-13,16H,1-2,5-6H2. The molecule has 0 saturated heterocycles. The summed E-state index contributed by atoms with van der Waals surface area (Å²) in [6, 6.07) is 6.47. The fourth-order valence-electron chi connectivity index (χ4n) is 2.68. The SMILES string of the molecule is Oc1ccccc1C(C(F)F)C1CCCC1. The summed E-state index contributed by atoms with van der Waals surface area (Å²) in [4.78, 5) is 0. The molecule has 1 saturated carbocycles. The molecule has 1 atom stereocenters. The van der Waals surface area contributed by atoms with Crippen molar-refractivity contribution in [1.29, 1.82) is 0 Å². The van der Waals surface area contributed by atoms with Crippen LogP contribution >= 0.6 is 0 Å². The third-order valence-electron chi connectivity index (χ3n) is 3.48. The van der Waals surface area contributed by atoms with Gasteiger partial charge in [-0.15, -0.1) is 0 Å². The van der Waals surface area contributed by atoms with Gasteiger partial charge in [-0.25, -0.2) is 8.78 Å².